The molecule has 3 nitrogen and oxygen atoms in total. The van der Waals surface area contributed by atoms with Crippen molar-refractivity contribution in [2.24, 2.45) is 0 Å². The fraction of sp³-hybridized carbons (Fsp3) is 0.462. The number of amides is 1. The van der Waals surface area contributed by atoms with Gasteiger partial charge in [-0.2, -0.15) is 0 Å². The predicted molar refractivity (Wildman–Crippen MR) is 74.4 cm³/mol. The van der Waals surface area contributed by atoms with Crippen molar-refractivity contribution in [3.05, 3.63) is 33.8 Å². The molecule has 1 atom stereocenters. The Bertz CT molecular complexity index is 411. The van der Waals surface area contributed by atoms with Gasteiger partial charge in [-0.1, -0.05) is 29.3 Å². The molecule has 0 radical (unpaired) electrons. The van der Waals surface area contributed by atoms with Gasteiger partial charge in [0.15, 0.2) is 0 Å². The predicted octanol–water partition coefficient (Wildman–Crippen LogP) is 2.87. The fourth-order valence-corrected chi connectivity index (χ4v) is 2.74. The highest BCUT2D eigenvalue weighted by molar-refractivity contribution is 6.39. The van der Waals surface area contributed by atoms with E-state index >= 15 is 0 Å². The third kappa shape index (κ3) is 3.37. The van der Waals surface area contributed by atoms with Crippen LogP contribution < -0.4 is 10.6 Å². The number of hydrogen-bond donors (Lipinski definition) is 2. The van der Waals surface area contributed by atoms with Gasteiger partial charge < -0.3 is 10.6 Å². The van der Waals surface area contributed by atoms with Crippen LogP contribution in [0.15, 0.2) is 18.2 Å². The Morgan fingerprint density at radius 2 is 2.11 bits per heavy atom. The summed E-state index contributed by atoms with van der Waals surface area (Å²) >= 11 is 11.9. The van der Waals surface area contributed by atoms with E-state index in [1.807, 2.05) is 0 Å². The SMILES string of the molecule is O=C(NCC[C@H]1CCCN1)c1c(Cl)cccc1Cl. The van der Waals surface area contributed by atoms with Crippen LogP contribution in [0.1, 0.15) is 29.6 Å². The fourth-order valence-electron chi connectivity index (χ4n) is 2.17. The number of benzene rings is 1. The summed E-state index contributed by atoms with van der Waals surface area (Å²) in [6, 6.07) is 5.58. The Kier molecular flexibility index (Phi) is 4.87. The lowest BCUT2D eigenvalue weighted by atomic mass is 10.1. The van der Waals surface area contributed by atoms with Gasteiger partial charge in [-0.3, -0.25) is 4.79 Å². The number of nitrogens with one attached hydrogen (secondary N) is 2. The van der Waals surface area contributed by atoms with Crippen LogP contribution in [-0.2, 0) is 0 Å². The van der Waals surface area contributed by atoms with Gasteiger partial charge in [0, 0.05) is 12.6 Å². The minimum atomic E-state index is -0.205. The summed E-state index contributed by atoms with van der Waals surface area (Å²) in [7, 11) is 0. The molecule has 0 aliphatic carbocycles. The quantitative estimate of drug-likeness (QED) is 0.894. The standard InChI is InChI=1S/C13H16Cl2N2O/c14-10-4-1-5-11(15)12(10)13(18)17-8-6-9-3-2-7-16-9/h1,4-5,9,16H,2-3,6-8H2,(H,17,18)/t9-/m1/s1. The van der Waals surface area contributed by atoms with Crippen LogP contribution in [0.25, 0.3) is 0 Å². The lowest BCUT2D eigenvalue weighted by Crippen LogP contribution is -2.30. The molecule has 1 amide bonds. The van der Waals surface area contributed by atoms with Crippen molar-refractivity contribution >= 4 is 29.1 Å². The summed E-state index contributed by atoms with van der Waals surface area (Å²) in [5.41, 5.74) is 0.361. The third-order valence-corrected chi connectivity index (χ3v) is 3.76. The summed E-state index contributed by atoms with van der Waals surface area (Å²) in [5.74, 6) is -0.205. The molecule has 1 fully saturated rings. The van der Waals surface area contributed by atoms with Crippen molar-refractivity contribution in [3.8, 4) is 0 Å². The van der Waals surface area contributed by atoms with E-state index in [2.05, 4.69) is 10.6 Å². The Balaban J connectivity index is 1.87. The van der Waals surface area contributed by atoms with Gasteiger partial charge in [-0.25, -0.2) is 0 Å². The molecule has 1 aliphatic heterocycles. The van der Waals surface area contributed by atoms with Crippen LogP contribution in [0, 0.1) is 0 Å². The molecule has 2 rings (SSSR count). The van der Waals surface area contributed by atoms with E-state index in [1.54, 1.807) is 18.2 Å². The Morgan fingerprint density at radius 1 is 1.39 bits per heavy atom. The highest BCUT2D eigenvalue weighted by Crippen LogP contribution is 2.23. The van der Waals surface area contributed by atoms with Gasteiger partial charge in [0.25, 0.3) is 5.91 Å². The van der Waals surface area contributed by atoms with Gasteiger partial charge in [-0.15, -0.1) is 0 Å². The van der Waals surface area contributed by atoms with Crippen LogP contribution in [0.2, 0.25) is 10.0 Å². The molecule has 98 valence electrons. The van der Waals surface area contributed by atoms with Crippen LogP contribution >= 0.6 is 23.2 Å². The largest absolute Gasteiger partial charge is 0.352 e. The topological polar surface area (TPSA) is 41.1 Å². The van der Waals surface area contributed by atoms with E-state index in [4.69, 9.17) is 23.2 Å². The number of rotatable bonds is 4. The molecule has 5 heteroatoms. The van der Waals surface area contributed by atoms with E-state index in [0.29, 0.717) is 28.2 Å². The van der Waals surface area contributed by atoms with Crippen molar-refractivity contribution in [2.45, 2.75) is 25.3 Å². The first-order chi connectivity index (χ1) is 8.68. The molecule has 2 N–H and O–H groups in total. The second kappa shape index (κ2) is 6.41. The highest BCUT2D eigenvalue weighted by atomic mass is 35.5. The molecule has 0 bridgehead atoms. The van der Waals surface area contributed by atoms with Crippen molar-refractivity contribution in [1.82, 2.24) is 10.6 Å². The summed E-state index contributed by atoms with van der Waals surface area (Å²) in [5, 5.41) is 7.03. The molecule has 0 aromatic heterocycles. The van der Waals surface area contributed by atoms with Crippen molar-refractivity contribution in [1.29, 1.82) is 0 Å². The zero-order chi connectivity index (χ0) is 13.0. The Hall–Kier alpha value is -0.770. The van der Waals surface area contributed by atoms with Crippen LogP contribution in [0.5, 0.6) is 0 Å². The van der Waals surface area contributed by atoms with Crippen molar-refractivity contribution in [3.63, 3.8) is 0 Å². The minimum absolute atomic E-state index is 0.205. The zero-order valence-electron chi connectivity index (χ0n) is 10.0. The molecule has 0 saturated carbocycles. The average molecular weight is 287 g/mol. The number of carbonyl (C=O) groups is 1. The maximum atomic E-state index is 12.0. The third-order valence-electron chi connectivity index (χ3n) is 3.13. The second-order valence-corrected chi connectivity index (χ2v) is 5.25. The number of halogens is 2. The first-order valence-electron chi connectivity index (χ1n) is 6.14. The summed E-state index contributed by atoms with van der Waals surface area (Å²) < 4.78 is 0. The van der Waals surface area contributed by atoms with Crippen LogP contribution in [0.3, 0.4) is 0 Å². The maximum Gasteiger partial charge on any atom is 0.254 e. The van der Waals surface area contributed by atoms with Crippen molar-refractivity contribution < 1.29 is 4.79 Å². The molecule has 1 aliphatic rings. The van der Waals surface area contributed by atoms with E-state index in [0.717, 1.165) is 13.0 Å². The first-order valence-corrected chi connectivity index (χ1v) is 6.89. The van der Waals surface area contributed by atoms with Crippen LogP contribution in [0.4, 0.5) is 0 Å². The monoisotopic (exact) mass is 286 g/mol. The zero-order valence-corrected chi connectivity index (χ0v) is 11.5. The normalized spacial score (nSPS) is 18.9. The van der Waals surface area contributed by atoms with Crippen LogP contribution in [-0.4, -0.2) is 25.0 Å². The lowest BCUT2D eigenvalue weighted by Gasteiger charge is -2.12. The Morgan fingerprint density at radius 3 is 2.72 bits per heavy atom. The number of hydrogen-bond acceptors (Lipinski definition) is 2. The van der Waals surface area contributed by atoms with E-state index < -0.39 is 0 Å². The second-order valence-electron chi connectivity index (χ2n) is 4.43. The highest BCUT2D eigenvalue weighted by Gasteiger charge is 2.16. The summed E-state index contributed by atoms with van der Waals surface area (Å²) in [6.45, 7) is 1.72. The van der Waals surface area contributed by atoms with Gasteiger partial charge in [0.1, 0.15) is 0 Å². The molecule has 18 heavy (non-hydrogen) atoms. The average Bonchev–Trinajstić information content (AvgIpc) is 2.82. The lowest BCUT2D eigenvalue weighted by molar-refractivity contribution is 0.0952. The summed E-state index contributed by atoms with van der Waals surface area (Å²) in [6.07, 6.45) is 3.34. The number of carbonyl (C=O) groups excluding carboxylic acids is 1. The summed E-state index contributed by atoms with van der Waals surface area (Å²) in [4.78, 5) is 12.0. The smallest absolute Gasteiger partial charge is 0.254 e. The van der Waals surface area contributed by atoms with E-state index in [-0.39, 0.29) is 5.91 Å². The minimum Gasteiger partial charge on any atom is -0.352 e. The van der Waals surface area contributed by atoms with Crippen molar-refractivity contribution in [2.75, 3.05) is 13.1 Å². The molecule has 1 heterocycles. The molecule has 0 spiro atoms. The molecule has 1 aromatic rings. The van der Waals surface area contributed by atoms with Gasteiger partial charge >= 0.3 is 0 Å². The molecule has 1 aromatic carbocycles. The van der Waals surface area contributed by atoms with Gasteiger partial charge in [0.2, 0.25) is 0 Å². The maximum absolute atomic E-state index is 12.0. The Labute approximate surface area is 117 Å². The first kappa shape index (κ1) is 13.7. The molecule has 0 unspecified atom stereocenters. The molecule has 1 saturated heterocycles. The van der Waals surface area contributed by atoms with E-state index in [1.165, 1.54) is 12.8 Å². The van der Waals surface area contributed by atoms with Gasteiger partial charge in [0.05, 0.1) is 15.6 Å². The molecular weight excluding hydrogens is 271 g/mol. The van der Waals surface area contributed by atoms with E-state index in [9.17, 15) is 4.79 Å². The molecular formula is C13H16Cl2N2O. The van der Waals surface area contributed by atoms with Gasteiger partial charge in [-0.05, 0) is 37.9 Å².